The van der Waals surface area contributed by atoms with Gasteiger partial charge in [0.25, 0.3) is 5.56 Å². The Morgan fingerprint density at radius 3 is 2.88 bits per heavy atom. The lowest BCUT2D eigenvalue weighted by atomic mass is 9.99. The topological polar surface area (TPSA) is 94.7 Å². The van der Waals surface area contributed by atoms with Gasteiger partial charge in [0.05, 0.1) is 12.5 Å². The number of aromatic nitrogens is 5. The number of rotatable bonds is 4. The minimum absolute atomic E-state index is 0.0173. The maximum atomic E-state index is 12.9. The van der Waals surface area contributed by atoms with E-state index in [1.165, 1.54) is 22.9 Å². The van der Waals surface area contributed by atoms with Crippen LogP contribution in [0.3, 0.4) is 0 Å². The van der Waals surface area contributed by atoms with E-state index in [9.17, 15) is 22.8 Å². The van der Waals surface area contributed by atoms with E-state index >= 15 is 0 Å². The highest BCUT2D eigenvalue weighted by Crippen LogP contribution is 2.34. The molecule has 0 fully saturated rings. The van der Waals surface area contributed by atoms with Crippen LogP contribution in [0.25, 0.3) is 0 Å². The number of aryl methyl sites for hydroxylation is 1. The van der Waals surface area contributed by atoms with Gasteiger partial charge in [-0.25, -0.2) is 4.68 Å². The molecule has 25 heavy (non-hydrogen) atoms. The predicted octanol–water partition coefficient (Wildman–Crippen LogP) is 0.276. The van der Waals surface area contributed by atoms with Crippen LogP contribution < -0.4 is 10.9 Å². The maximum absolute atomic E-state index is 12.9. The van der Waals surface area contributed by atoms with Crippen LogP contribution in [0.5, 0.6) is 0 Å². The Hall–Kier alpha value is -2.72. The first-order valence-electron chi connectivity index (χ1n) is 7.61. The van der Waals surface area contributed by atoms with Gasteiger partial charge in [-0.15, -0.1) is 10.2 Å². The Balaban J connectivity index is 1.63. The summed E-state index contributed by atoms with van der Waals surface area (Å²) in [7, 11) is 0. The van der Waals surface area contributed by atoms with Gasteiger partial charge < -0.3 is 9.88 Å². The van der Waals surface area contributed by atoms with Crippen LogP contribution in [0.2, 0.25) is 0 Å². The van der Waals surface area contributed by atoms with Crippen molar-refractivity contribution < 1.29 is 18.0 Å². The Labute approximate surface area is 139 Å². The second-order valence-electron chi connectivity index (χ2n) is 5.72. The quantitative estimate of drug-likeness (QED) is 0.849. The number of alkyl halides is 3. The number of fused-ring (bicyclic) bond motifs is 1. The molecule has 134 valence electrons. The third kappa shape index (κ3) is 3.86. The van der Waals surface area contributed by atoms with E-state index in [1.807, 2.05) is 0 Å². The Bertz CT molecular complexity index is 828. The van der Waals surface area contributed by atoms with Crippen molar-refractivity contribution in [3.8, 4) is 0 Å². The van der Waals surface area contributed by atoms with Crippen LogP contribution in [0.4, 0.5) is 13.2 Å². The van der Waals surface area contributed by atoms with Crippen molar-refractivity contribution in [2.24, 2.45) is 5.92 Å². The fourth-order valence-corrected chi connectivity index (χ4v) is 2.66. The molecule has 0 aliphatic carbocycles. The summed E-state index contributed by atoms with van der Waals surface area (Å²) < 4.78 is 41.1. The molecule has 3 heterocycles. The van der Waals surface area contributed by atoms with Crippen LogP contribution >= 0.6 is 0 Å². The molecule has 2 aromatic heterocycles. The number of amides is 1. The van der Waals surface area contributed by atoms with Gasteiger partial charge in [0, 0.05) is 25.2 Å². The van der Waals surface area contributed by atoms with Gasteiger partial charge in [-0.05, 0) is 12.5 Å². The van der Waals surface area contributed by atoms with Crippen molar-refractivity contribution in [2.75, 3.05) is 0 Å². The number of nitrogens with one attached hydrogen (secondary N) is 1. The lowest BCUT2D eigenvalue weighted by Crippen LogP contribution is -2.35. The van der Waals surface area contributed by atoms with E-state index in [0.717, 1.165) is 4.68 Å². The molecule has 1 aliphatic rings. The summed E-state index contributed by atoms with van der Waals surface area (Å²) >= 11 is 0. The number of nitrogens with zero attached hydrogens (tertiary/aromatic N) is 5. The first kappa shape index (κ1) is 17.1. The van der Waals surface area contributed by atoms with Crippen molar-refractivity contribution >= 4 is 5.91 Å². The zero-order valence-corrected chi connectivity index (χ0v) is 13.0. The standard InChI is InChI=1S/C14H15F3N6O2/c15-14(16,17)9-3-4-10-20-21-11(22(10)7-9)6-18-12(24)8-23-13(25)2-1-5-19-23/h1-2,5,9H,3-4,6-8H2,(H,18,24). The van der Waals surface area contributed by atoms with Crippen molar-refractivity contribution in [1.82, 2.24) is 29.9 Å². The van der Waals surface area contributed by atoms with Crippen LogP contribution in [-0.2, 0) is 30.8 Å². The molecule has 1 unspecified atom stereocenters. The molecule has 1 amide bonds. The van der Waals surface area contributed by atoms with E-state index in [2.05, 4.69) is 20.6 Å². The molecule has 0 bridgehead atoms. The number of carbonyl (C=O) groups excluding carboxylic acids is 1. The largest absolute Gasteiger partial charge is 0.393 e. The molecule has 3 rings (SSSR count). The minimum atomic E-state index is -4.28. The smallest absolute Gasteiger partial charge is 0.347 e. The molecule has 1 atom stereocenters. The average Bonchev–Trinajstić information content (AvgIpc) is 2.96. The monoisotopic (exact) mass is 356 g/mol. The first-order chi connectivity index (χ1) is 11.8. The SMILES string of the molecule is O=C(Cn1ncccc1=O)NCc1nnc2n1CC(C(F)(F)F)CC2. The molecule has 8 nitrogen and oxygen atoms in total. The number of carbonyl (C=O) groups is 1. The van der Waals surface area contributed by atoms with Crippen molar-refractivity contribution in [2.45, 2.75) is 38.7 Å². The predicted molar refractivity (Wildman–Crippen MR) is 78.2 cm³/mol. The summed E-state index contributed by atoms with van der Waals surface area (Å²) in [5.74, 6) is -1.21. The van der Waals surface area contributed by atoms with Gasteiger partial charge in [0.2, 0.25) is 5.91 Å². The summed E-state index contributed by atoms with van der Waals surface area (Å²) in [6.45, 7) is -0.611. The van der Waals surface area contributed by atoms with Gasteiger partial charge in [-0.1, -0.05) is 0 Å². The summed E-state index contributed by atoms with van der Waals surface area (Å²) in [5.41, 5.74) is -0.425. The molecule has 0 spiro atoms. The van der Waals surface area contributed by atoms with Gasteiger partial charge in [0.15, 0.2) is 5.82 Å². The van der Waals surface area contributed by atoms with Crippen LogP contribution in [0.15, 0.2) is 23.1 Å². The summed E-state index contributed by atoms with van der Waals surface area (Å²) in [5, 5.41) is 14.0. The first-order valence-corrected chi connectivity index (χ1v) is 7.61. The molecule has 0 saturated carbocycles. The van der Waals surface area contributed by atoms with E-state index in [-0.39, 0.29) is 38.3 Å². The van der Waals surface area contributed by atoms with Crippen molar-refractivity contribution in [1.29, 1.82) is 0 Å². The molecule has 2 aromatic rings. The van der Waals surface area contributed by atoms with Crippen molar-refractivity contribution in [3.63, 3.8) is 0 Å². The highest BCUT2D eigenvalue weighted by atomic mass is 19.4. The van der Waals surface area contributed by atoms with Gasteiger partial charge in [0.1, 0.15) is 12.4 Å². The lowest BCUT2D eigenvalue weighted by molar-refractivity contribution is -0.182. The van der Waals surface area contributed by atoms with E-state index < -0.39 is 23.6 Å². The van der Waals surface area contributed by atoms with Gasteiger partial charge in [-0.2, -0.15) is 18.3 Å². The maximum Gasteiger partial charge on any atom is 0.393 e. The van der Waals surface area contributed by atoms with Gasteiger partial charge in [-0.3, -0.25) is 9.59 Å². The highest BCUT2D eigenvalue weighted by Gasteiger charge is 2.42. The molecule has 0 radical (unpaired) electrons. The molecular formula is C14H15F3N6O2. The third-order valence-corrected chi connectivity index (χ3v) is 4.01. The van der Waals surface area contributed by atoms with E-state index in [4.69, 9.17) is 0 Å². The lowest BCUT2D eigenvalue weighted by Gasteiger charge is -2.26. The van der Waals surface area contributed by atoms with Crippen LogP contribution in [-0.4, -0.2) is 36.6 Å². The molecule has 1 N–H and O–H groups in total. The molecular weight excluding hydrogens is 341 g/mol. The number of hydrogen-bond donors (Lipinski definition) is 1. The van der Waals surface area contributed by atoms with Crippen LogP contribution in [0, 0.1) is 5.92 Å². The van der Waals surface area contributed by atoms with Gasteiger partial charge >= 0.3 is 6.18 Å². The molecule has 11 heteroatoms. The number of hydrogen-bond acceptors (Lipinski definition) is 5. The summed E-state index contributed by atoms with van der Waals surface area (Å²) in [6, 6.07) is 2.72. The third-order valence-electron chi connectivity index (χ3n) is 4.01. The fraction of sp³-hybridized carbons (Fsp3) is 0.500. The Kier molecular flexibility index (Phi) is 4.55. The molecule has 0 aromatic carbocycles. The molecule has 0 saturated heterocycles. The average molecular weight is 356 g/mol. The van der Waals surface area contributed by atoms with Crippen molar-refractivity contribution in [3.05, 3.63) is 40.3 Å². The minimum Gasteiger partial charge on any atom is -0.347 e. The molecule has 1 aliphatic heterocycles. The Morgan fingerprint density at radius 2 is 2.16 bits per heavy atom. The summed E-state index contributed by atoms with van der Waals surface area (Å²) in [6.07, 6.45) is -2.73. The van der Waals surface area contributed by atoms with E-state index in [0.29, 0.717) is 5.82 Å². The fourth-order valence-electron chi connectivity index (χ4n) is 2.66. The second kappa shape index (κ2) is 6.65. The zero-order valence-electron chi connectivity index (χ0n) is 13.0. The highest BCUT2D eigenvalue weighted by molar-refractivity contribution is 5.75. The summed E-state index contributed by atoms with van der Waals surface area (Å²) in [4.78, 5) is 23.4. The second-order valence-corrected chi connectivity index (χ2v) is 5.72. The Morgan fingerprint density at radius 1 is 1.36 bits per heavy atom. The number of halogens is 3. The normalized spacial score (nSPS) is 17.2. The zero-order chi connectivity index (χ0) is 18.0. The van der Waals surface area contributed by atoms with E-state index in [1.54, 1.807) is 0 Å². The van der Waals surface area contributed by atoms with Crippen LogP contribution in [0.1, 0.15) is 18.1 Å².